The first-order valence-corrected chi connectivity index (χ1v) is 11.5. The average molecular weight is 461 g/mol. The van der Waals surface area contributed by atoms with Gasteiger partial charge in [0.25, 0.3) is 0 Å². The number of aryl methyl sites for hydroxylation is 1. The second kappa shape index (κ2) is 10.5. The van der Waals surface area contributed by atoms with Gasteiger partial charge >= 0.3 is 5.97 Å². The lowest BCUT2D eigenvalue weighted by atomic mass is 10.2. The molecule has 0 bridgehead atoms. The van der Waals surface area contributed by atoms with Crippen LogP contribution in [0, 0.1) is 0 Å². The molecule has 2 heterocycles. The van der Waals surface area contributed by atoms with E-state index in [4.69, 9.17) is 9.47 Å². The Morgan fingerprint density at radius 1 is 1.19 bits per heavy atom. The van der Waals surface area contributed by atoms with Gasteiger partial charge in [-0.25, -0.2) is 4.79 Å². The summed E-state index contributed by atoms with van der Waals surface area (Å²) in [6, 6.07) is 9.36. The zero-order chi connectivity index (χ0) is 22.4. The Balaban J connectivity index is 1.72. The van der Waals surface area contributed by atoms with Gasteiger partial charge in [0, 0.05) is 17.0 Å². The molecule has 0 aliphatic rings. The minimum absolute atomic E-state index is 0.135. The maximum absolute atomic E-state index is 12.6. The fourth-order valence-electron chi connectivity index (χ4n) is 2.92. The van der Waals surface area contributed by atoms with Crippen molar-refractivity contribution in [3.05, 3.63) is 40.8 Å². The molecule has 10 heteroatoms. The first-order chi connectivity index (χ1) is 15.0. The molecule has 0 aliphatic heterocycles. The third-order valence-electron chi connectivity index (χ3n) is 4.48. The Labute approximate surface area is 189 Å². The minimum Gasteiger partial charge on any atom is -0.497 e. The van der Waals surface area contributed by atoms with Crippen molar-refractivity contribution in [2.45, 2.75) is 32.0 Å². The summed E-state index contributed by atoms with van der Waals surface area (Å²) in [5.41, 5.74) is 1.26. The molecule has 0 fully saturated rings. The standard InChI is InChI=1S/C21H24N4O4S2/c1-5-15-11-16(20(27)29-4)19(31-15)22-17(26)12-30-21-24-23-18(25(21)6-2)13-8-7-9-14(10-13)28-3/h7-11H,5-6,12H2,1-4H3,(H,22,26). The van der Waals surface area contributed by atoms with Crippen LogP contribution in [0.25, 0.3) is 11.4 Å². The highest BCUT2D eigenvalue weighted by Crippen LogP contribution is 2.30. The number of aromatic nitrogens is 3. The Bertz CT molecular complexity index is 1080. The fourth-order valence-corrected chi connectivity index (χ4v) is 4.72. The number of amides is 1. The highest BCUT2D eigenvalue weighted by molar-refractivity contribution is 7.99. The van der Waals surface area contributed by atoms with Crippen molar-refractivity contribution < 1.29 is 19.1 Å². The van der Waals surface area contributed by atoms with Gasteiger partial charge in [-0.2, -0.15) is 0 Å². The Kier molecular flexibility index (Phi) is 7.69. The van der Waals surface area contributed by atoms with Crippen LogP contribution in [-0.2, 0) is 22.5 Å². The number of carbonyl (C=O) groups is 2. The van der Waals surface area contributed by atoms with Crippen LogP contribution in [0.15, 0.2) is 35.5 Å². The number of anilines is 1. The molecule has 2 aromatic heterocycles. The van der Waals surface area contributed by atoms with E-state index in [9.17, 15) is 9.59 Å². The molecule has 1 aromatic carbocycles. The first kappa shape index (κ1) is 22.8. The van der Waals surface area contributed by atoms with E-state index in [0.29, 0.717) is 28.1 Å². The summed E-state index contributed by atoms with van der Waals surface area (Å²) in [6.45, 7) is 4.64. The van der Waals surface area contributed by atoms with Crippen LogP contribution in [0.5, 0.6) is 5.75 Å². The van der Waals surface area contributed by atoms with E-state index in [2.05, 4.69) is 15.5 Å². The molecule has 3 aromatic rings. The summed E-state index contributed by atoms with van der Waals surface area (Å²) in [7, 11) is 2.94. The van der Waals surface area contributed by atoms with Crippen molar-refractivity contribution in [1.82, 2.24) is 14.8 Å². The monoisotopic (exact) mass is 460 g/mol. The van der Waals surface area contributed by atoms with Crippen molar-refractivity contribution in [3.8, 4) is 17.1 Å². The van der Waals surface area contributed by atoms with Gasteiger partial charge in [0.15, 0.2) is 11.0 Å². The lowest BCUT2D eigenvalue weighted by Crippen LogP contribution is -2.16. The van der Waals surface area contributed by atoms with Gasteiger partial charge in [-0.15, -0.1) is 21.5 Å². The third kappa shape index (κ3) is 5.26. The number of hydrogen-bond acceptors (Lipinski definition) is 8. The molecule has 1 amide bonds. The van der Waals surface area contributed by atoms with E-state index in [-0.39, 0.29) is 11.7 Å². The molecular formula is C21H24N4O4S2. The maximum atomic E-state index is 12.6. The van der Waals surface area contributed by atoms with Crippen LogP contribution in [0.1, 0.15) is 29.1 Å². The fraction of sp³-hybridized carbons (Fsp3) is 0.333. The number of benzene rings is 1. The van der Waals surface area contributed by atoms with E-state index in [1.54, 1.807) is 13.2 Å². The van der Waals surface area contributed by atoms with Crippen LogP contribution in [-0.4, -0.2) is 46.6 Å². The number of rotatable bonds is 9. The molecular weight excluding hydrogens is 436 g/mol. The zero-order valence-corrected chi connectivity index (χ0v) is 19.4. The average Bonchev–Trinajstić information content (AvgIpc) is 3.40. The normalized spacial score (nSPS) is 10.7. The van der Waals surface area contributed by atoms with Crippen LogP contribution >= 0.6 is 23.1 Å². The first-order valence-electron chi connectivity index (χ1n) is 9.71. The number of carbonyl (C=O) groups excluding carboxylic acids is 2. The summed E-state index contributed by atoms with van der Waals surface area (Å²) in [5, 5.41) is 12.5. The Hall–Kier alpha value is -2.85. The van der Waals surface area contributed by atoms with Gasteiger partial charge in [0.05, 0.1) is 25.5 Å². The van der Waals surface area contributed by atoms with E-state index in [0.717, 1.165) is 22.6 Å². The Morgan fingerprint density at radius 3 is 2.68 bits per heavy atom. The van der Waals surface area contributed by atoms with Gasteiger partial charge in [0.1, 0.15) is 10.8 Å². The van der Waals surface area contributed by atoms with Crippen LogP contribution < -0.4 is 10.1 Å². The summed E-state index contributed by atoms with van der Waals surface area (Å²) in [6.07, 6.45) is 0.770. The lowest BCUT2D eigenvalue weighted by molar-refractivity contribution is -0.113. The molecule has 164 valence electrons. The topological polar surface area (TPSA) is 95.3 Å². The number of hydrogen-bond donors (Lipinski definition) is 1. The zero-order valence-electron chi connectivity index (χ0n) is 17.8. The molecule has 1 N–H and O–H groups in total. The quantitative estimate of drug-likeness (QED) is 0.379. The van der Waals surface area contributed by atoms with Gasteiger partial charge in [-0.05, 0) is 31.5 Å². The van der Waals surface area contributed by atoms with E-state index in [1.807, 2.05) is 42.7 Å². The molecule has 0 saturated carbocycles. The highest BCUT2D eigenvalue weighted by Gasteiger charge is 2.19. The number of ether oxygens (including phenoxy) is 2. The molecule has 0 unspecified atom stereocenters. The molecule has 3 rings (SSSR count). The number of methoxy groups -OCH3 is 2. The molecule has 0 aliphatic carbocycles. The van der Waals surface area contributed by atoms with Gasteiger partial charge in [-0.3, -0.25) is 4.79 Å². The SMILES string of the molecule is CCc1cc(C(=O)OC)c(NC(=O)CSc2nnc(-c3cccc(OC)c3)n2CC)s1. The predicted octanol–water partition coefficient (Wildman–Crippen LogP) is 4.11. The largest absolute Gasteiger partial charge is 0.497 e. The van der Waals surface area contributed by atoms with Gasteiger partial charge in [-0.1, -0.05) is 30.8 Å². The van der Waals surface area contributed by atoms with Crippen molar-refractivity contribution in [1.29, 1.82) is 0 Å². The van der Waals surface area contributed by atoms with Crippen LogP contribution in [0.2, 0.25) is 0 Å². The summed E-state index contributed by atoms with van der Waals surface area (Å²) in [5.74, 6) is 0.889. The molecule has 0 atom stereocenters. The minimum atomic E-state index is -0.465. The van der Waals surface area contributed by atoms with Crippen LogP contribution in [0.4, 0.5) is 5.00 Å². The van der Waals surface area contributed by atoms with E-state index < -0.39 is 5.97 Å². The third-order valence-corrected chi connectivity index (χ3v) is 6.64. The second-order valence-corrected chi connectivity index (χ2v) is 8.50. The highest BCUT2D eigenvalue weighted by atomic mass is 32.2. The number of thiophene rings is 1. The summed E-state index contributed by atoms with van der Waals surface area (Å²) in [4.78, 5) is 25.5. The number of nitrogens with one attached hydrogen (secondary N) is 1. The number of esters is 1. The predicted molar refractivity (Wildman–Crippen MR) is 122 cm³/mol. The summed E-state index contributed by atoms with van der Waals surface area (Å²) >= 11 is 2.67. The smallest absolute Gasteiger partial charge is 0.340 e. The molecule has 0 radical (unpaired) electrons. The Morgan fingerprint density at radius 2 is 2.00 bits per heavy atom. The van der Waals surface area contributed by atoms with Crippen molar-refractivity contribution in [3.63, 3.8) is 0 Å². The summed E-state index contributed by atoms with van der Waals surface area (Å²) < 4.78 is 12.1. The number of thioether (sulfide) groups is 1. The van der Waals surface area contributed by atoms with E-state index in [1.165, 1.54) is 30.2 Å². The molecule has 0 saturated heterocycles. The van der Waals surface area contributed by atoms with E-state index >= 15 is 0 Å². The number of nitrogens with zero attached hydrogens (tertiary/aromatic N) is 3. The van der Waals surface area contributed by atoms with Crippen molar-refractivity contribution in [2.24, 2.45) is 0 Å². The molecule has 0 spiro atoms. The van der Waals surface area contributed by atoms with Crippen molar-refractivity contribution in [2.75, 3.05) is 25.3 Å². The van der Waals surface area contributed by atoms with Gasteiger partial charge in [0.2, 0.25) is 5.91 Å². The molecule has 8 nitrogen and oxygen atoms in total. The van der Waals surface area contributed by atoms with Crippen LogP contribution in [0.3, 0.4) is 0 Å². The maximum Gasteiger partial charge on any atom is 0.340 e. The van der Waals surface area contributed by atoms with Crippen molar-refractivity contribution >= 4 is 40.0 Å². The lowest BCUT2D eigenvalue weighted by Gasteiger charge is -2.09. The molecule has 31 heavy (non-hydrogen) atoms. The van der Waals surface area contributed by atoms with Gasteiger partial charge < -0.3 is 19.4 Å². The second-order valence-electron chi connectivity index (χ2n) is 6.42.